The minimum absolute atomic E-state index is 0. The van der Waals surface area contributed by atoms with Gasteiger partial charge in [-0.25, -0.2) is 0 Å². The van der Waals surface area contributed by atoms with E-state index in [4.69, 9.17) is 4.84 Å². The number of alkyl halides is 3. The van der Waals surface area contributed by atoms with Crippen LogP contribution in [0, 0.1) is 5.92 Å². The van der Waals surface area contributed by atoms with Crippen LogP contribution >= 0.6 is 11.9 Å². The van der Waals surface area contributed by atoms with E-state index in [1.165, 1.54) is 18.6 Å². The summed E-state index contributed by atoms with van der Waals surface area (Å²) >= 11 is 1.87. The summed E-state index contributed by atoms with van der Waals surface area (Å²) in [5, 5.41) is 0. The number of rotatable bonds is 8. The van der Waals surface area contributed by atoms with E-state index in [2.05, 4.69) is 40.4 Å². The van der Waals surface area contributed by atoms with Crippen LogP contribution in [0.15, 0.2) is 36.5 Å². The summed E-state index contributed by atoms with van der Waals surface area (Å²) in [5.41, 5.74) is 7.24. The molecule has 3 heterocycles. The fourth-order valence-corrected chi connectivity index (χ4v) is 4.90. The molecule has 10 heteroatoms. The van der Waals surface area contributed by atoms with Crippen LogP contribution in [0.2, 0.25) is 0 Å². The molecule has 1 saturated heterocycles. The van der Waals surface area contributed by atoms with E-state index in [0.717, 1.165) is 54.2 Å². The van der Waals surface area contributed by atoms with Crippen molar-refractivity contribution in [2.75, 3.05) is 25.4 Å². The minimum Gasteiger partial charge on any atom is -0.561 e. The maximum Gasteiger partial charge on any atom is 1.00 e. The Morgan fingerprint density at radius 1 is 1.14 bits per heavy atom. The van der Waals surface area contributed by atoms with Crippen molar-refractivity contribution in [1.29, 1.82) is 0 Å². The second kappa shape index (κ2) is 15.3. The molecule has 35 heavy (non-hydrogen) atoms. The maximum absolute atomic E-state index is 12.7. The van der Waals surface area contributed by atoms with Gasteiger partial charge in [0.15, 0.2) is 0 Å². The first-order valence-corrected chi connectivity index (χ1v) is 12.8. The van der Waals surface area contributed by atoms with Gasteiger partial charge in [-0.3, -0.25) is 14.2 Å². The largest absolute Gasteiger partial charge is 1.00 e. The van der Waals surface area contributed by atoms with Gasteiger partial charge in [0.1, 0.15) is 0 Å². The first-order chi connectivity index (χ1) is 16.3. The second-order valence-electron chi connectivity index (χ2n) is 8.69. The fourth-order valence-electron chi connectivity index (χ4n) is 3.98. The molecule has 4 rings (SSSR count). The number of aromatic nitrogens is 1. The van der Waals surface area contributed by atoms with Crippen molar-refractivity contribution in [2.45, 2.75) is 59.4 Å². The monoisotopic (exact) mass is 534 g/mol. The van der Waals surface area contributed by atoms with E-state index in [0.29, 0.717) is 37.8 Å². The Balaban J connectivity index is 0.00000103. The van der Waals surface area contributed by atoms with Crippen molar-refractivity contribution in [1.82, 2.24) is 14.2 Å². The van der Waals surface area contributed by atoms with Gasteiger partial charge in [0.25, 0.3) is 0 Å². The Bertz CT molecular complexity index is 901. The number of pyridine rings is 1. The van der Waals surface area contributed by atoms with Crippen LogP contribution in [-0.2, 0) is 30.6 Å². The molecule has 0 amide bonds. The average Bonchev–Trinajstić information content (AvgIpc) is 3.40. The molecule has 1 atom stereocenters. The van der Waals surface area contributed by atoms with Crippen LogP contribution in [0.25, 0.3) is 5.48 Å². The topological polar surface area (TPSA) is 42.7 Å². The number of benzene rings is 1. The predicted molar refractivity (Wildman–Crippen MR) is 131 cm³/mol. The first kappa shape index (κ1) is 31.0. The second-order valence-corrected chi connectivity index (χ2v) is 10.0. The molecule has 0 spiro atoms. The smallest absolute Gasteiger partial charge is 0.561 e. The van der Waals surface area contributed by atoms with E-state index in [1.54, 1.807) is 6.20 Å². The molecule has 1 aromatic heterocycles. The van der Waals surface area contributed by atoms with Gasteiger partial charge in [0.05, 0.1) is 11.3 Å². The zero-order valence-corrected chi connectivity index (χ0v) is 25.1. The molecule has 0 N–H and O–H groups in total. The van der Waals surface area contributed by atoms with Crippen molar-refractivity contribution in [3.05, 3.63) is 64.4 Å². The van der Waals surface area contributed by atoms with Crippen LogP contribution in [-0.4, -0.2) is 39.6 Å². The van der Waals surface area contributed by atoms with Gasteiger partial charge < -0.3 is 10.3 Å². The Kier molecular flexibility index (Phi) is 13.6. The van der Waals surface area contributed by atoms with E-state index in [9.17, 15) is 13.2 Å². The van der Waals surface area contributed by atoms with Crippen molar-refractivity contribution >= 4 is 17.6 Å². The van der Waals surface area contributed by atoms with Crippen LogP contribution in [0.1, 0.15) is 56.0 Å². The molecule has 2 aliphatic rings. The van der Waals surface area contributed by atoms with Crippen molar-refractivity contribution in [3.63, 3.8) is 0 Å². The van der Waals surface area contributed by atoms with Gasteiger partial charge in [0.2, 0.25) is 0 Å². The van der Waals surface area contributed by atoms with E-state index in [1.807, 2.05) is 18.0 Å². The number of fused-ring (bicyclic) bond motifs is 1. The molecule has 0 aliphatic carbocycles. The Morgan fingerprint density at radius 3 is 2.51 bits per heavy atom. The van der Waals surface area contributed by atoms with Crippen molar-refractivity contribution in [2.24, 2.45) is 5.92 Å². The fraction of sp³-hybridized carbons (Fsp3) is 0.560. The molecule has 1 unspecified atom stereocenters. The number of halogens is 3. The molecule has 188 valence electrons. The molecule has 1 fully saturated rings. The summed E-state index contributed by atoms with van der Waals surface area (Å²) in [6.07, 6.45) is -0.210. The zero-order chi connectivity index (χ0) is 24.6. The SMILES string of the molecule is CCC.CCSN1CCC(CO[N-]c2cnc3c(c2)CN(Cc2ccc(C(F)(F)F)cc2)C3)C1.[K+]. The summed E-state index contributed by atoms with van der Waals surface area (Å²) in [4.78, 5) is 12.3. The summed E-state index contributed by atoms with van der Waals surface area (Å²) in [7, 11) is 0. The van der Waals surface area contributed by atoms with Crippen molar-refractivity contribution < 1.29 is 69.4 Å². The summed E-state index contributed by atoms with van der Waals surface area (Å²) < 4.78 is 40.6. The first-order valence-electron chi connectivity index (χ1n) is 11.9. The molecular formula is C25H34F3KN4OS. The molecule has 5 nitrogen and oxygen atoms in total. The number of nitrogens with zero attached hydrogens (tertiary/aromatic N) is 4. The van der Waals surface area contributed by atoms with Crippen molar-refractivity contribution in [3.8, 4) is 0 Å². The summed E-state index contributed by atoms with van der Waals surface area (Å²) in [6.45, 7) is 11.1. The number of hydrogen-bond donors (Lipinski definition) is 0. The molecule has 0 radical (unpaired) electrons. The standard InChI is InChI=1S/C22H26F3N4OS.C3H8.K/c1-2-31-29-8-7-17(12-29)15-30-27-20-9-18-13-28(14-21(18)26-10-20)11-16-3-5-19(6-4-16)22(23,24)25;1-3-2;/h3-6,9-10,17H,2,7-8,11-15H2,1H3;3H2,1-2H3;/q-1;;+1. The average molecular weight is 535 g/mol. The van der Waals surface area contributed by atoms with Gasteiger partial charge in [-0.2, -0.15) is 13.2 Å². The van der Waals surface area contributed by atoms with Gasteiger partial charge in [-0.15, -0.1) is 5.69 Å². The molecule has 2 aliphatic heterocycles. The zero-order valence-electron chi connectivity index (χ0n) is 21.1. The number of hydrogen-bond acceptors (Lipinski definition) is 5. The molecular weight excluding hydrogens is 500 g/mol. The molecule has 1 aromatic carbocycles. The Morgan fingerprint density at radius 2 is 1.86 bits per heavy atom. The molecule has 0 bridgehead atoms. The van der Waals surface area contributed by atoms with Gasteiger partial charge >= 0.3 is 57.6 Å². The van der Waals surface area contributed by atoms with E-state index in [-0.39, 0.29) is 51.4 Å². The third kappa shape index (κ3) is 9.90. The Labute approximate surface area is 254 Å². The third-order valence-corrected chi connectivity index (χ3v) is 6.50. The Hall–Kier alpha value is -0.174. The minimum atomic E-state index is -4.31. The van der Waals surface area contributed by atoms with Gasteiger partial charge in [0, 0.05) is 51.3 Å². The maximum atomic E-state index is 12.7. The summed E-state index contributed by atoms with van der Waals surface area (Å²) in [6, 6.07) is 7.34. The predicted octanol–water partition coefficient (Wildman–Crippen LogP) is 3.96. The van der Waals surface area contributed by atoms with E-state index < -0.39 is 11.7 Å². The van der Waals surface area contributed by atoms with E-state index >= 15 is 0 Å². The van der Waals surface area contributed by atoms with Crippen LogP contribution in [0.5, 0.6) is 0 Å². The third-order valence-electron chi connectivity index (χ3n) is 5.54. The van der Waals surface area contributed by atoms with Gasteiger partial charge in [-0.05, 0) is 35.6 Å². The quantitative estimate of drug-likeness (QED) is 0.291. The molecule has 0 saturated carbocycles. The van der Waals surface area contributed by atoms with Crippen LogP contribution in [0.3, 0.4) is 0 Å². The molecule has 2 aromatic rings. The van der Waals surface area contributed by atoms with Crippen LogP contribution in [0.4, 0.5) is 18.9 Å². The van der Waals surface area contributed by atoms with Crippen LogP contribution < -0.4 is 51.4 Å². The van der Waals surface area contributed by atoms with Gasteiger partial charge in [-0.1, -0.05) is 57.3 Å². The summed E-state index contributed by atoms with van der Waals surface area (Å²) in [5.74, 6) is 1.60. The normalized spacial score (nSPS) is 17.9.